The minimum Gasteiger partial charge on any atom is -0.317 e. The third-order valence-electron chi connectivity index (χ3n) is 3.80. The maximum Gasteiger partial charge on any atom is 0.261 e. The molecule has 2 heterocycles. The molecule has 7 heteroatoms. The Labute approximate surface area is 138 Å². The molecule has 1 fully saturated rings. The molecule has 0 radical (unpaired) electrons. The Bertz CT molecular complexity index is 716. The second kappa shape index (κ2) is 7.44. The van der Waals surface area contributed by atoms with Gasteiger partial charge in [-0.25, -0.2) is 9.37 Å². The van der Waals surface area contributed by atoms with Gasteiger partial charge in [0.05, 0.1) is 11.3 Å². The molecule has 1 aliphatic heterocycles. The van der Waals surface area contributed by atoms with Gasteiger partial charge < -0.3 is 10.3 Å². The quantitative estimate of drug-likeness (QED) is 0.899. The highest BCUT2D eigenvalue weighted by molar-refractivity contribution is 7.99. The van der Waals surface area contributed by atoms with Crippen LogP contribution in [-0.2, 0) is 5.75 Å². The van der Waals surface area contributed by atoms with Crippen LogP contribution < -0.4 is 10.9 Å². The van der Waals surface area contributed by atoms with Crippen molar-refractivity contribution in [1.29, 1.82) is 0 Å². The van der Waals surface area contributed by atoms with E-state index in [4.69, 9.17) is 0 Å². The number of rotatable bonds is 3. The van der Waals surface area contributed by atoms with Gasteiger partial charge in [0.1, 0.15) is 17.0 Å². The summed E-state index contributed by atoms with van der Waals surface area (Å²) in [6.07, 6.45) is 2.27. The zero-order valence-corrected chi connectivity index (χ0v) is 14.0. The molecule has 4 nitrogen and oxygen atoms in total. The highest BCUT2D eigenvalue weighted by atomic mass is 35.5. The molecule has 1 aromatic carbocycles. The molecule has 3 rings (SSSR count). The number of nitrogens with zero attached hydrogens (tertiary/aromatic N) is 1. The van der Waals surface area contributed by atoms with Crippen LogP contribution in [0.3, 0.4) is 0 Å². The van der Waals surface area contributed by atoms with Gasteiger partial charge in [0, 0.05) is 5.25 Å². The molecule has 2 N–H and O–H groups in total. The summed E-state index contributed by atoms with van der Waals surface area (Å²) in [7, 11) is 0. The molecule has 0 amide bonds. The van der Waals surface area contributed by atoms with E-state index in [0.29, 0.717) is 22.3 Å². The van der Waals surface area contributed by atoms with Crippen LogP contribution >= 0.6 is 24.2 Å². The van der Waals surface area contributed by atoms with Crippen molar-refractivity contribution in [3.8, 4) is 0 Å². The molecular weight excluding hydrogens is 325 g/mol. The van der Waals surface area contributed by atoms with Gasteiger partial charge >= 0.3 is 0 Å². The van der Waals surface area contributed by atoms with Gasteiger partial charge in [0.25, 0.3) is 5.56 Å². The number of thioether (sulfide) groups is 1. The van der Waals surface area contributed by atoms with Gasteiger partial charge in [-0.1, -0.05) is 6.07 Å². The Kier molecular flexibility index (Phi) is 5.83. The molecule has 0 saturated carbocycles. The van der Waals surface area contributed by atoms with Crippen molar-refractivity contribution in [2.24, 2.45) is 0 Å². The smallest absolute Gasteiger partial charge is 0.261 e. The van der Waals surface area contributed by atoms with Crippen molar-refractivity contribution in [3.05, 3.63) is 39.7 Å². The van der Waals surface area contributed by atoms with Crippen LogP contribution in [0.4, 0.5) is 4.39 Å². The van der Waals surface area contributed by atoms with Crippen LogP contribution in [0.15, 0.2) is 16.9 Å². The number of aromatic nitrogens is 2. The van der Waals surface area contributed by atoms with Crippen molar-refractivity contribution in [3.63, 3.8) is 0 Å². The number of benzene rings is 1. The first-order valence-electron chi connectivity index (χ1n) is 7.15. The van der Waals surface area contributed by atoms with Gasteiger partial charge in [-0.15, -0.1) is 12.4 Å². The Hall–Kier alpha value is -1.11. The third kappa shape index (κ3) is 3.62. The minimum atomic E-state index is -0.512. The van der Waals surface area contributed by atoms with Crippen molar-refractivity contribution in [2.45, 2.75) is 30.8 Å². The minimum absolute atomic E-state index is 0. The van der Waals surface area contributed by atoms with Gasteiger partial charge in [-0.05, 0) is 44.5 Å². The summed E-state index contributed by atoms with van der Waals surface area (Å²) in [6.45, 7) is 3.94. The van der Waals surface area contributed by atoms with Gasteiger partial charge in [-0.3, -0.25) is 4.79 Å². The Morgan fingerprint density at radius 3 is 2.82 bits per heavy atom. The van der Waals surface area contributed by atoms with Crippen LogP contribution in [0.2, 0.25) is 0 Å². The average molecular weight is 344 g/mol. The Balaban J connectivity index is 0.00000176. The molecule has 2 aromatic rings. The van der Waals surface area contributed by atoms with Gasteiger partial charge in [0.2, 0.25) is 0 Å². The summed E-state index contributed by atoms with van der Waals surface area (Å²) >= 11 is 1.81. The fraction of sp³-hybridized carbons (Fsp3) is 0.467. The summed E-state index contributed by atoms with van der Waals surface area (Å²) < 4.78 is 13.8. The Morgan fingerprint density at radius 1 is 1.36 bits per heavy atom. The highest BCUT2D eigenvalue weighted by Gasteiger charge is 2.15. The predicted molar refractivity (Wildman–Crippen MR) is 91.5 cm³/mol. The zero-order chi connectivity index (χ0) is 14.8. The van der Waals surface area contributed by atoms with Crippen molar-refractivity contribution >= 4 is 35.1 Å². The number of H-pyrrole nitrogens is 1. The van der Waals surface area contributed by atoms with Crippen molar-refractivity contribution < 1.29 is 4.39 Å². The van der Waals surface area contributed by atoms with Crippen LogP contribution in [0.5, 0.6) is 0 Å². The van der Waals surface area contributed by atoms with E-state index < -0.39 is 5.82 Å². The number of aromatic amines is 1. The van der Waals surface area contributed by atoms with Crippen LogP contribution in [-0.4, -0.2) is 28.3 Å². The lowest BCUT2D eigenvalue weighted by atomic mass is 10.1. The molecule has 1 aromatic heterocycles. The van der Waals surface area contributed by atoms with E-state index in [0.717, 1.165) is 31.5 Å². The molecular formula is C15H19ClFN3OS. The lowest BCUT2D eigenvalue weighted by molar-refractivity contribution is 0.531. The lowest BCUT2D eigenvalue weighted by Crippen LogP contribution is -2.29. The number of fused-ring (bicyclic) bond motifs is 1. The fourth-order valence-corrected chi connectivity index (χ4v) is 3.71. The van der Waals surface area contributed by atoms with E-state index in [2.05, 4.69) is 15.3 Å². The topological polar surface area (TPSA) is 57.8 Å². The SMILES string of the molecule is Cc1ccc(F)c2c(=O)[nH]c(CSC3CCNCC3)nc12.Cl. The summed E-state index contributed by atoms with van der Waals surface area (Å²) in [5.41, 5.74) is 0.910. The van der Waals surface area contributed by atoms with Gasteiger partial charge in [-0.2, -0.15) is 11.8 Å². The molecule has 120 valence electrons. The standard InChI is InChI=1S/C15H18FN3OS.ClH/c1-9-2-3-11(16)13-14(9)18-12(19-15(13)20)8-21-10-4-6-17-7-5-10;/h2-3,10,17H,4-8H2,1H3,(H,18,19,20);1H. The Morgan fingerprint density at radius 2 is 2.09 bits per heavy atom. The van der Waals surface area contributed by atoms with E-state index >= 15 is 0 Å². The maximum atomic E-state index is 13.8. The van der Waals surface area contributed by atoms with Crippen molar-refractivity contribution in [2.75, 3.05) is 13.1 Å². The van der Waals surface area contributed by atoms with Crippen LogP contribution in [0.25, 0.3) is 10.9 Å². The molecule has 0 unspecified atom stereocenters. The third-order valence-corrected chi connectivity index (χ3v) is 5.19. The molecule has 1 saturated heterocycles. The van der Waals surface area contributed by atoms with E-state index in [1.54, 1.807) is 6.07 Å². The lowest BCUT2D eigenvalue weighted by Gasteiger charge is -2.21. The fourth-order valence-electron chi connectivity index (χ4n) is 2.61. The number of nitrogens with one attached hydrogen (secondary N) is 2. The molecule has 22 heavy (non-hydrogen) atoms. The molecule has 1 aliphatic rings. The van der Waals surface area contributed by atoms with E-state index in [-0.39, 0.29) is 23.4 Å². The zero-order valence-electron chi connectivity index (χ0n) is 12.3. The normalized spacial score (nSPS) is 15.7. The first-order valence-corrected chi connectivity index (χ1v) is 8.20. The number of hydrogen-bond donors (Lipinski definition) is 2. The summed E-state index contributed by atoms with van der Waals surface area (Å²) in [5, 5.41) is 3.99. The monoisotopic (exact) mass is 343 g/mol. The second-order valence-electron chi connectivity index (χ2n) is 5.36. The van der Waals surface area contributed by atoms with E-state index in [9.17, 15) is 9.18 Å². The summed E-state index contributed by atoms with van der Waals surface area (Å²) in [4.78, 5) is 19.2. The highest BCUT2D eigenvalue weighted by Crippen LogP contribution is 2.24. The van der Waals surface area contributed by atoms with Gasteiger partial charge in [0.15, 0.2) is 0 Å². The molecule has 0 atom stereocenters. The summed E-state index contributed by atoms with van der Waals surface area (Å²) in [5.74, 6) is 0.776. The molecule has 0 bridgehead atoms. The number of halogens is 2. The summed E-state index contributed by atoms with van der Waals surface area (Å²) in [6, 6.07) is 2.98. The largest absolute Gasteiger partial charge is 0.317 e. The number of aryl methyl sites for hydroxylation is 1. The number of hydrogen-bond acceptors (Lipinski definition) is 4. The van der Waals surface area contributed by atoms with Crippen molar-refractivity contribution in [1.82, 2.24) is 15.3 Å². The van der Waals surface area contributed by atoms with E-state index in [1.165, 1.54) is 6.07 Å². The maximum absolute atomic E-state index is 13.8. The number of piperidine rings is 1. The molecule has 0 aliphatic carbocycles. The molecule has 0 spiro atoms. The first kappa shape index (κ1) is 17.2. The van der Waals surface area contributed by atoms with Crippen LogP contribution in [0, 0.1) is 12.7 Å². The average Bonchev–Trinajstić information content (AvgIpc) is 2.50. The predicted octanol–water partition coefficient (Wildman–Crippen LogP) is 2.78. The second-order valence-corrected chi connectivity index (χ2v) is 6.65. The first-order chi connectivity index (χ1) is 10.1. The van der Waals surface area contributed by atoms with Crippen LogP contribution in [0.1, 0.15) is 24.2 Å². The van der Waals surface area contributed by atoms with E-state index in [1.807, 2.05) is 18.7 Å².